The highest BCUT2D eigenvalue weighted by atomic mass is 28.4. The molecule has 4 atom stereocenters. The van der Waals surface area contributed by atoms with Crippen molar-refractivity contribution in [3.8, 4) is 0 Å². The number of esters is 1. The van der Waals surface area contributed by atoms with Gasteiger partial charge in [-0.25, -0.2) is 4.79 Å². The fraction of sp³-hybridized carbons (Fsp3) is 0.452. The first-order chi connectivity index (χ1) is 19.6. The molecule has 0 aliphatic carbocycles. The zero-order valence-electron chi connectivity index (χ0n) is 24.1. The largest absolute Gasteiger partial charge is 0.458 e. The second-order valence-corrected chi connectivity index (χ2v) is 16.2. The van der Waals surface area contributed by atoms with Gasteiger partial charge in [-0.05, 0) is 41.7 Å². The highest BCUT2D eigenvalue weighted by molar-refractivity contribution is 6.99. The number of aryl methyl sites for hydroxylation is 1. The minimum atomic E-state index is -2.89. The number of benzene rings is 2. The number of aromatic nitrogens is 2. The molecule has 0 saturated carbocycles. The van der Waals surface area contributed by atoms with Crippen molar-refractivity contribution < 1.29 is 18.7 Å². The molecule has 3 aromatic rings. The summed E-state index contributed by atoms with van der Waals surface area (Å²) in [4.78, 5) is 40.1. The summed E-state index contributed by atoms with van der Waals surface area (Å²) in [6.07, 6.45) is 1.42. The average Bonchev–Trinajstić information content (AvgIpc) is 3.62. The van der Waals surface area contributed by atoms with Crippen LogP contribution >= 0.6 is 0 Å². The molecule has 0 unspecified atom stereocenters. The second-order valence-electron chi connectivity index (χ2n) is 11.9. The molecule has 0 radical (unpaired) electrons. The molecule has 3 heterocycles. The third-order valence-corrected chi connectivity index (χ3v) is 13.1. The summed E-state index contributed by atoms with van der Waals surface area (Å²) in [6, 6.07) is 20.2. The first kappa shape index (κ1) is 29.2. The van der Waals surface area contributed by atoms with Gasteiger partial charge in [0.2, 0.25) is 0 Å². The Kier molecular flexibility index (Phi) is 8.46. The van der Waals surface area contributed by atoms with Gasteiger partial charge >= 0.3 is 11.7 Å². The van der Waals surface area contributed by atoms with Gasteiger partial charge in [-0.15, -0.1) is 0 Å². The zero-order chi connectivity index (χ0) is 29.2. The van der Waals surface area contributed by atoms with Crippen molar-refractivity contribution in [3.05, 3.63) is 93.3 Å². The normalized spacial score (nSPS) is 23.0. The lowest BCUT2D eigenvalue weighted by atomic mass is 10.1. The standard InChI is InChI=1S/C31H39N3O6Si/c1-21-19-34(30(37)33-28(21)35)27-18-25(40-29(36)24-16-11-17-32-24)26(39-27)20-38-41(31(2,3)4,22-12-7-5-8-13-22)23-14-9-6-10-15-23/h5-10,12-15,19,24-27,32H,11,16-18,20H2,1-4H3,(H,33,35,37)/t24-,25-,26+,27+/m0/s1. The molecule has 2 saturated heterocycles. The van der Waals surface area contributed by atoms with E-state index in [2.05, 4.69) is 55.3 Å². The van der Waals surface area contributed by atoms with E-state index in [1.54, 1.807) is 6.92 Å². The molecular formula is C31H39N3O6Si. The van der Waals surface area contributed by atoms with Crippen LogP contribution in [0, 0.1) is 6.92 Å². The van der Waals surface area contributed by atoms with Crippen LogP contribution in [0.4, 0.5) is 0 Å². The number of H-pyrrole nitrogens is 1. The number of nitrogens with zero attached hydrogens (tertiary/aromatic N) is 1. The number of hydrogen-bond acceptors (Lipinski definition) is 7. The monoisotopic (exact) mass is 577 g/mol. The van der Waals surface area contributed by atoms with Gasteiger partial charge in [0, 0.05) is 18.2 Å². The number of nitrogens with one attached hydrogen (secondary N) is 2. The molecule has 10 heteroatoms. The van der Waals surface area contributed by atoms with Crippen LogP contribution in [0.3, 0.4) is 0 Å². The van der Waals surface area contributed by atoms with Crippen molar-refractivity contribution >= 4 is 24.7 Å². The van der Waals surface area contributed by atoms with Crippen molar-refractivity contribution in [2.45, 2.75) is 76.5 Å². The molecule has 0 amide bonds. The van der Waals surface area contributed by atoms with Crippen LogP contribution in [0.5, 0.6) is 0 Å². The Bertz CT molecular complexity index is 1420. The lowest BCUT2D eigenvalue weighted by molar-refractivity contribution is -0.155. The molecule has 9 nitrogen and oxygen atoms in total. The van der Waals surface area contributed by atoms with Crippen molar-refractivity contribution in [1.82, 2.24) is 14.9 Å². The van der Waals surface area contributed by atoms with Crippen LogP contribution in [-0.2, 0) is 18.7 Å². The first-order valence-electron chi connectivity index (χ1n) is 14.3. The van der Waals surface area contributed by atoms with E-state index in [0.29, 0.717) is 5.56 Å². The fourth-order valence-electron chi connectivity index (χ4n) is 6.03. The molecule has 0 bridgehead atoms. The molecule has 5 rings (SSSR count). The minimum absolute atomic E-state index is 0.164. The molecule has 2 N–H and O–H groups in total. The highest BCUT2D eigenvalue weighted by Crippen LogP contribution is 2.38. The third kappa shape index (κ3) is 5.87. The second kappa shape index (κ2) is 11.9. The van der Waals surface area contributed by atoms with E-state index >= 15 is 0 Å². The maximum atomic E-state index is 13.1. The molecule has 1 aromatic heterocycles. The molecule has 2 aromatic carbocycles. The van der Waals surface area contributed by atoms with Crippen molar-refractivity contribution in [2.24, 2.45) is 0 Å². The molecule has 2 aliphatic rings. The van der Waals surface area contributed by atoms with E-state index in [1.165, 1.54) is 10.8 Å². The molecule has 2 fully saturated rings. The number of carbonyl (C=O) groups is 1. The number of rotatable bonds is 8. The van der Waals surface area contributed by atoms with Crippen molar-refractivity contribution in [1.29, 1.82) is 0 Å². The van der Waals surface area contributed by atoms with Gasteiger partial charge in [0.1, 0.15) is 24.5 Å². The quantitative estimate of drug-likeness (QED) is 0.312. The first-order valence-corrected chi connectivity index (χ1v) is 16.2. The summed E-state index contributed by atoms with van der Waals surface area (Å²) in [5.74, 6) is -0.322. The molecule has 218 valence electrons. The fourth-order valence-corrected chi connectivity index (χ4v) is 10.6. The Hall–Kier alpha value is -3.31. The summed E-state index contributed by atoms with van der Waals surface area (Å²) < 4.78 is 20.9. The van der Waals surface area contributed by atoms with Crippen molar-refractivity contribution in [3.63, 3.8) is 0 Å². The van der Waals surface area contributed by atoms with Crippen molar-refractivity contribution in [2.75, 3.05) is 13.2 Å². The Balaban J connectivity index is 1.49. The summed E-state index contributed by atoms with van der Waals surface area (Å²) in [7, 11) is -2.89. The van der Waals surface area contributed by atoms with E-state index in [0.717, 1.165) is 29.8 Å². The van der Waals surface area contributed by atoms with E-state index in [4.69, 9.17) is 13.9 Å². The van der Waals surface area contributed by atoms with E-state index in [1.807, 2.05) is 36.4 Å². The van der Waals surface area contributed by atoms with Crippen LogP contribution in [0.1, 0.15) is 51.8 Å². The SMILES string of the molecule is Cc1cn([C@H]2C[C@H](OC(=O)[C@@H]3CCCN3)[C@@H](CO[Si](c3ccccc3)(c3ccccc3)C(C)(C)C)O2)c(=O)[nH]c1=O. The zero-order valence-corrected chi connectivity index (χ0v) is 25.1. The topological polar surface area (TPSA) is 112 Å². The molecule has 2 aliphatic heterocycles. The van der Waals surface area contributed by atoms with Crippen LogP contribution in [-0.4, -0.2) is 55.2 Å². The smallest absolute Gasteiger partial charge is 0.330 e. The van der Waals surface area contributed by atoms with Gasteiger partial charge < -0.3 is 19.2 Å². The van der Waals surface area contributed by atoms with Gasteiger partial charge in [-0.2, -0.15) is 0 Å². The van der Waals surface area contributed by atoms with Gasteiger partial charge in [0.15, 0.2) is 0 Å². The van der Waals surface area contributed by atoms with Gasteiger partial charge in [-0.3, -0.25) is 19.1 Å². The summed E-state index contributed by atoms with van der Waals surface area (Å²) in [5, 5.41) is 5.20. The summed E-state index contributed by atoms with van der Waals surface area (Å²) in [5.41, 5.74) is -0.614. The van der Waals surface area contributed by atoms with Crippen LogP contribution in [0.2, 0.25) is 5.04 Å². The Labute approximate surface area is 241 Å². The maximum Gasteiger partial charge on any atom is 0.330 e. The lowest BCUT2D eigenvalue weighted by Gasteiger charge is -2.43. The number of ether oxygens (including phenoxy) is 2. The van der Waals surface area contributed by atoms with Gasteiger partial charge in [-0.1, -0.05) is 81.4 Å². The van der Waals surface area contributed by atoms with Crippen LogP contribution in [0.25, 0.3) is 0 Å². The van der Waals surface area contributed by atoms with Gasteiger partial charge in [0.25, 0.3) is 13.9 Å². The molecule has 41 heavy (non-hydrogen) atoms. The molecular weight excluding hydrogens is 538 g/mol. The van der Waals surface area contributed by atoms with E-state index in [9.17, 15) is 14.4 Å². The molecule has 0 spiro atoms. The summed E-state index contributed by atoms with van der Waals surface area (Å²) >= 11 is 0. The Morgan fingerprint density at radius 2 is 1.68 bits per heavy atom. The highest BCUT2D eigenvalue weighted by Gasteiger charge is 2.51. The van der Waals surface area contributed by atoms with Crippen LogP contribution in [0.15, 0.2) is 76.4 Å². The summed E-state index contributed by atoms with van der Waals surface area (Å²) in [6.45, 7) is 9.17. The minimum Gasteiger partial charge on any atom is -0.458 e. The predicted molar refractivity (Wildman–Crippen MR) is 159 cm³/mol. The Morgan fingerprint density at radius 3 is 2.24 bits per heavy atom. The maximum absolute atomic E-state index is 13.1. The predicted octanol–water partition coefficient (Wildman–Crippen LogP) is 2.37. The van der Waals surface area contributed by atoms with Crippen LogP contribution < -0.4 is 26.9 Å². The lowest BCUT2D eigenvalue weighted by Crippen LogP contribution is -2.67. The van der Waals surface area contributed by atoms with E-state index in [-0.39, 0.29) is 30.1 Å². The number of aromatic amines is 1. The number of hydrogen-bond donors (Lipinski definition) is 2. The average molecular weight is 578 g/mol. The Morgan fingerprint density at radius 1 is 1.05 bits per heavy atom. The van der Waals surface area contributed by atoms with Gasteiger partial charge in [0.05, 0.1) is 6.61 Å². The third-order valence-electron chi connectivity index (χ3n) is 8.13. The number of carbonyl (C=O) groups excluding carboxylic acids is 1. The van der Waals surface area contributed by atoms with E-state index < -0.39 is 38.0 Å².